The summed E-state index contributed by atoms with van der Waals surface area (Å²) in [5, 5.41) is 0. The SMILES string of the molecule is CC/C=C\C/C=C\C/C=C\C/C=C\CCCCCC(=O)OCC(COC(=O)CCCCCCC/C=C\CCCCC)OC(=O)CCCCCCC/C=C\C/C=C\CC. The molecular weight excluding hydrogens is 721 g/mol. The van der Waals surface area contributed by atoms with Crippen LogP contribution in [0.2, 0.25) is 0 Å². The molecule has 0 aromatic heterocycles. The molecule has 0 aliphatic heterocycles. The van der Waals surface area contributed by atoms with Gasteiger partial charge in [0.25, 0.3) is 0 Å². The minimum Gasteiger partial charge on any atom is -0.462 e. The topological polar surface area (TPSA) is 78.9 Å². The van der Waals surface area contributed by atoms with E-state index >= 15 is 0 Å². The van der Waals surface area contributed by atoms with Gasteiger partial charge in [0, 0.05) is 19.3 Å². The maximum absolute atomic E-state index is 12.7. The summed E-state index contributed by atoms with van der Waals surface area (Å²) in [5.74, 6) is -0.961. The Bertz CT molecular complexity index is 1160. The Morgan fingerprint density at radius 2 is 0.672 bits per heavy atom. The van der Waals surface area contributed by atoms with Gasteiger partial charge < -0.3 is 14.2 Å². The minimum atomic E-state index is -0.799. The van der Waals surface area contributed by atoms with E-state index in [1.54, 1.807) is 0 Å². The van der Waals surface area contributed by atoms with Gasteiger partial charge >= 0.3 is 17.9 Å². The van der Waals surface area contributed by atoms with Crippen molar-refractivity contribution < 1.29 is 28.6 Å². The molecule has 0 aliphatic carbocycles. The lowest BCUT2D eigenvalue weighted by molar-refractivity contribution is -0.167. The molecule has 1 unspecified atom stereocenters. The lowest BCUT2D eigenvalue weighted by Crippen LogP contribution is -2.30. The Morgan fingerprint density at radius 1 is 0.362 bits per heavy atom. The number of ether oxygens (including phenoxy) is 3. The predicted molar refractivity (Wildman–Crippen MR) is 247 cm³/mol. The van der Waals surface area contributed by atoms with E-state index < -0.39 is 6.10 Å². The monoisotopic (exact) mass is 807 g/mol. The Hall–Kier alpha value is -3.41. The van der Waals surface area contributed by atoms with Crippen molar-refractivity contribution >= 4 is 17.9 Å². The van der Waals surface area contributed by atoms with Crippen molar-refractivity contribution in [2.45, 2.75) is 213 Å². The summed E-state index contributed by atoms with van der Waals surface area (Å²) >= 11 is 0. The third-order valence-electron chi connectivity index (χ3n) is 9.61. The van der Waals surface area contributed by atoms with Crippen molar-refractivity contribution in [1.29, 1.82) is 0 Å². The van der Waals surface area contributed by atoms with Crippen LogP contribution in [0.15, 0.2) is 85.1 Å². The Morgan fingerprint density at radius 3 is 1.09 bits per heavy atom. The van der Waals surface area contributed by atoms with Gasteiger partial charge in [0.2, 0.25) is 0 Å². The zero-order valence-electron chi connectivity index (χ0n) is 37.5. The second-order valence-corrected chi connectivity index (χ2v) is 15.2. The van der Waals surface area contributed by atoms with Gasteiger partial charge in [-0.05, 0) is 109 Å². The molecule has 0 bridgehead atoms. The number of carbonyl (C=O) groups is 3. The highest BCUT2D eigenvalue weighted by molar-refractivity contribution is 5.71. The first-order valence-corrected chi connectivity index (χ1v) is 23.6. The summed E-state index contributed by atoms with van der Waals surface area (Å²) in [5.41, 5.74) is 0. The van der Waals surface area contributed by atoms with Crippen molar-refractivity contribution in [3.05, 3.63) is 85.1 Å². The molecule has 0 rings (SSSR count). The molecule has 58 heavy (non-hydrogen) atoms. The average molecular weight is 807 g/mol. The van der Waals surface area contributed by atoms with Gasteiger partial charge in [-0.1, -0.05) is 164 Å². The van der Waals surface area contributed by atoms with Crippen molar-refractivity contribution in [1.82, 2.24) is 0 Å². The summed E-state index contributed by atoms with van der Waals surface area (Å²) in [6.07, 6.45) is 58.5. The van der Waals surface area contributed by atoms with Crippen molar-refractivity contribution in [2.75, 3.05) is 13.2 Å². The molecule has 0 spiro atoms. The number of hydrogen-bond donors (Lipinski definition) is 0. The Balaban J connectivity index is 4.47. The van der Waals surface area contributed by atoms with Gasteiger partial charge in [0.1, 0.15) is 13.2 Å². The lowest BCUT2D eigenvalue weighted by Gasteiger charge is -2.18. The van der Waals surface area contributed by atoms with Crippen LogP contribution in [0.3, 0.4) is 0 Å². The first kappa shape index (κ1) is 54.6. The lowest BCUT2D eigenvalue weighted by atomic mass is 10.1. The number of rotatable bonds is 41. The van der Waals surface area contributed by atoms with Gasteiger partial charge in [-0.15, -0.1) is 0 Å². The maximum Gasteiger partial charge on any atom is 0.306 e. The average Bonchev–Trinajstić information content (AvgIpc) is 3.22. The molecule has 0 N–H and O–H groups in total. The zero-order valence-corrected chi connectivity index (χ0v) is 37.5. The van der Waals surface area contributed by atoms with Gasteiger partial charge in [-0.25, -0.2) is 0 Å². The molecule has 0 aromatic carbocycles. The third-order valence-corrected chi connectivity index (χ3v) is 9.61. The molecule has 6 heteroatoms. The highest BCUT2D eigenvalue weighted by Gasteiger charge is 2.19. The molecule has 0 fully saturated rings. The van der Waals surface area contributed by atoms with E-state index in [0.29, 0.717) is 19.3 Å². The highest BCUT2D eigenvalue weighted by Crippen LogP contribution is 2.12. The van der Waals surface area contributed by atoms with Gasteiger partial charge in [0.15, 0.2) is 6.10 Å². The predicted octanol–water partition coefficient (Wildman–Crippen LogP) is 15.3. The standard InChI is InChI=1S/C52H86O6/c1-4-7-10-13-16-19-22-25-26-27-28-31-33-36-39-42-45-51(54)57-48-49(58-52(55)46-43-40-37-34-30-24-21-18-15-12-9-6-3)47-56-50(53)44-41-38-35-32-29-23-20-17-14-11-8-5-2/h7,9-10,12,16-21,25-26,28,31,49H,4-6,8,11,13-15,22-24,27,29-30,32-48H2,1-3H3/b10-7-,12-9-,19-16-,20-17-,21-18-,26-25-,31-28-. The van der Waals surface area contributed by atoms with E-state index in [0.717, 1.165) is 135 Å². The third kappa shape index (κ3) is 43.7. The van der Waals surface area contributed by atoms with E-state index in [1.807, 2.05) is 0 Å². The van der Waals surface area contributed by atoms with Gasteiger partial charge in [-0.3, -0.25) is 14.4 Å². The zero-order chi connectivity index (χ0) is 42.3. The molecule has 0 saturated carbocycles. The van der Waals surface area contributed by atoms with E-state index in [2.05, 4.69) is 106 Å². The fraction of sp³-hybridized carbons (Fsp3) is 0.673. The fourth-order valence-electron chi connectivity index (χ4n) is 6.11. The normalized spacial score (nSPS) is 12.8. The number of allylic oxidation sites excluding steroid dienone is 14. The summed E-state index contributed by atoms with van der Waals surface area (Å²) in [6.45, 7) is 6.32. The van der Waals surface area contributed by atoms with Crippen LogP contribution in [0.4, 0.5) is 0 Å². The molecule has 1 atom stereocenters. The van der Waals surface area contributed by atoms with Crippen LogP contribution in [0.1, 0.15) is 207 Å². The van der Waals surface area contributed by atoms with Crippen LogP contribution in [0.5, 0.6) is 0 Å². The van der Waals surface area contributed by atoms with E-state index in [1.165, 1.54) is 32.1 Å². The summed E-state index contributed by atoms with van der Waals surface area (Å²) in [7, 11) is 0. The molecule has 0 saturated heterocycles. The molecule has 6 nitrogen and oxygen atoms in total. The smallest absolute Gasteiger partial charge is 0.306 e. The fourth-order valence-corrected chi connectivity index (χ4v) is 6.11. The number of esters is 3. The summed E-state index contributed by atoms with van der Waals surface area (Å²) in [6, 6.07) is 0. The minimum absolute atomic E-state index is 0.0981. The van der Waals surface area contributed by atoms with Crippen molar-refractivity contribution in [3.63, 3.8) is 0 Å². The first-order chi connectivity index (χ1) is 28.5. The van der Waals surface area contributed by atoms with Crippen LogP contribution in [-0.2, 0) is 28.6 Å². The molecule has 0 amide bonds. The summed E-state index contributed by atoms with van der Waals surface area (Å²) < 4.78 is 16.7. The summed E-state index contributed by atoms with van der Waals surface area (Å²) in [4.78, 5) is 37.8. The van der Waals surface area contributed by atoms with Crippen LogP contribution in [0, 0.1) is 0 Å². The largest absolute Gasteiger partial charge is 0.462 e. The van der Waals surface area contributed by atoms with Gasteiger partial charge in [-0.2, -0.15) is 0 Å². The second-order valence-electron chi connectivity index (χ2n) is 15.2. The van der Waals surface area contributed by atoms with Crippen molar-refractivity contribution in [3.8, 4) is 0 Å². The first-order valence-electron chi connectivity index (χ1n) is 23.6. The number of unbranched alkanes of at least 4 members (excludes halogenated alkanes) is 16. The van der Waals surface area contributed by atoms with Crippen LogP contribution < -0.4 is 0 Å². The maximum atomic E-state index is 12.7. The quantitative estimate of drug-likeness (QED) is 0.0265. The van der Waals surface area contributed by atoms with Gasteiger partial charge in [0.05, 0.1) is 0 Å². The van der Waals surface area contributed by atoms with Crippen LogP contribution in [0.25, 0.3) is 0 Å². The number of carbonyl (C=O) groups excluding carboxylic acids is 3. The molecule has 0 radical (unpaired) electrons. The Kier molecular flexibility index (Phi) is 43.6. The second kappa shape index (κ2) is 46.3. The van der Waals surface area contributed by atoms with E-state index in [4.69, 9.17) is 14.2 Å². The van der Waals surface area contributed by atoms with E-state index in [9.17, 15) is 14.4 Å². The number of hydrogen-bond acceptors (Lipinski definition) is 6. The van der Waals surface area contributed by atoms with Crippen LogP contribution >= 0.6 is 0 Å². The molecule has 0 aliphatic rings. The van der Waals surface area contributed by atoms with Crippen molar-refractivity contribution in [2.24, 2.45) is 0 Å². The van der Waals surface area contributed by atoms with Crippen LogP contribution in [-0.4, -0.2) is 37.2 Å². The highest BCUT2D eigenvalue weighted by atomic mass is 16.6. The molecule has 0 aromatic rings. The molecule has 330 valence electrons. The Labute approximate surface area is 356 Å². The molecule has 0 heterocycles. The molecular formula is C52H86O6. The van der Waals surface area contributed by atoms with E-state index in [-0.39, 0.29) is 31.1 Å².